The number of carbonyl (C=O) groups excluding carboxylic acids is 1. The quantitative estimate of drug-likeness (QED) is 0.793. The molecule has 4 nitrogen and oxygen atoms in total. The summed E-state index contributed by atoms with van der Waals surface area (Å²) in [6.07, 6.45) is 2.84. The molecule has 1 fully saturated rings. The Hall–Kier alpha value is -2.49. The molecule has 0 aliphatic carbocycles. The second kappa shape index (κ2) is 6.98. The lowest BCUT2D eigenvalue weighted by Crippen LogP contribution is -2.37. The molecule has 2 aromatic rings. The first-order valence-electron chi connectivity index (χ1n) is 7.52. The molecule has 114 valence electrons. The monoisotopic (exact) mass is 297 g/mol. The molecule has 0 aromatic heterocycles. The highest BCUT2D eigenvalue weighted by Gasteiger charge is 2.19. The van der Waals surface area contributed by atoms with Crippen LogP contribution in [0.1, 0.15) is 12.8 Å². The number of rotatable bonds is 5. The first-order chi connectivity index (χ1) is 10.8. The van der Waals surface area contributed by atoms with E-state index in [0.717, 1.165) is 49.6 Å². The van der Waals surface area contributed by atoms with Crippen molar-refractivity contribution in [1.82, 2.24) is 4.90 Å². The topological polar surface area (TPSA) is 38.8 Å². The normalized spacial score (nSPS) is 15.4. The van der Waals surface area contributed by atoms with E-state index in [9.17, 15) is 4.79 Å². The Morgan fingerprint density at radius 1 is 0.864 bits per heavy atom. The number of para-hydroxylation sites is 1. The fourth-order valence-corrected chi connectivity index (χ4v) is 2.50. The third-order valence-corrected chi connectivity index (χ3v) is 3.73. The third kappa shape index (κ3) is 3.79. The number of carbonyl (C=O) groups is 1. The van der Waals surface area contributed by atoms with Crippen LogP contribution in [-0.4, -0.2) is 30.5 Å². The lowest BCUT2D eigenvalue weighted by atomic mass is 10.1. The summed E-state index contributed by atoms with van der Waals surface area (Å²) >= 11 is 0. The van der Waals surface area contributed by atoms with E-state index in [1.54, 1.807) is 4.90 Å². The lowest BCUT2D eigenvalue weighted by Gasteiger charge is -2.29. The zero-order valence-corrected chi connectivity index (χ0v) is 12.4. The molecule has 0 unspecified atom stereocenters. The molecule has 2 aromatic carbocycles. The molecule has 1 aliphatic rings. The number of hydrogen-bond donors (Lipinski definition) is 0. The van der Waals surface area contributed by atoms with Crippen LogP contribution in [-0.2, 0) is 4.79 Å². The standard InChI is InChI=1S/C18H19NO3/c20-14-19-12-10-18(11-13-19)22-17-8-6-16(7-9-17)21-15-4-2-1-3-5-15/h1-9,14,18H,10-13H2. The zero-order chi connectivity index (χ0) is 15.2. The fourth-order valence-electron chi connectivity index (χ4n) is 2.50. The van der Waals surface area contributed by atoms with Crippen LogP contribution in [0.25, 0.3) is 0 Å². The van der Waals surface area contributed by atoms with E-state index in [-0.39, 0.29) is 6.10 Å². The van der Waals surface area contributed by atoms with Crippen LogP contribution in [0.2, 0.25) is 0 Å². The number of ether oxygens (including phenoxy) is 2. The zero-order valence-electron chi connectivity index (χ0n) is 12.4. The maximum atomic E-state index is 10.7. The molecule has 1 heterocycles. The molecule has 0 bridgehead atoms. The predicted molar refractivity (Wildman–Crippen MR) is 84.2 cm³/mol. The second-order valence-electron chi connectivity index (χ2n) is 5.35. The van der Waals surface area contributed by atoms with Gasteiger partial charge < -0.3 is 14.4 Å². The third-order valence-electron chi connectivity index (χ3n) is 3.73. The van der Waals surface area contributed by atoms with Crippen molar-refractivity contribution in [1.29, 1.82) is 0 Å². The Kier molecular flexibility index (Phi) is 4.59. The predicted octanol–water partition coefficient (Wildman–Crippen LogP) is 3.48. The minimum atomic E-state index is 0.178. The molecular formula is C18H19NO3. The number of benzene rings is 2. The Labute approximate surface area is 130 Å². The van der Waals surface area contributed by atoms with E-state index in [4.69, 9.17) is 9.47 Å². The lowest BCUT2D eigenvalue weighted by molar-refractivity contribution is -0.119. The van der Waals surface area contributed by atoms with Gasteiger partial charge in [0.2, 0.25) is 6.41 Å². The minimum Gasteiger partial charge on any atom is -0.490 e. The molecular weight excluding hydrogens is 278 g/mol. The van der Waals surface area contributed by atoms with E-state index in [2.05, 4.69) is 0 Å². The Morgan fingerprint density at radius 3 is 2.09 bits per heavy atom. The molecule has 1 saturated heterocycles. The van der Waals surface area contributed by atoms with Crippen molar-refractivity contribution < 1.29 is 14.3 Å². The molecule has 1 amide bonds. The highest BCUT2D eigenvalue weighted by molar-refractivity contribution is 5.47. The number of piperidine rings is 1. The Morgan fingerprint density at radius 2 is 1.45 bits per heavy atom. The maximum Gasteiger partial charge on any atom is 0.209 e. The Bertz CT molecular complexity index is 589. The molecule has 0 radical (unpaired) electrons. The molecule has 1 aliphatic heterocycles. The molecule has 0 saturated carbocycles. The number of amides is 1. The minimum absolute atomic E-state index is 0.178. The van der Waals surface area contributed by atoms with Gasteiger partial charge in [0.05, 0.1) is 0 Å². The van der Waals surface area contributed by atoms with Gasteiger partial charge in [0, 0.05) is 25.9 Å². The summed E-state index contributed by atoms with van der Waals surface area (Å²) in [5.41, 5.74) is 0. The van der Waals surface area contributed by atoms with Gasteiger partial charge in [-0.2, -0.15) is 0 Å². The molecule has 0 atom stereocenters. The summed E-state index contributed by atoms with van der Waals surface area (Å²) in [7, 11) is 0. The van der Waals surface area contributed by atoms with E-state index < -0.39 is 0 Å². The van der Waals surface area contributed by atoms with Crippen molar-refractivity contribution in [3.05, 3.63) is 54.6 Å². The summed E-state index contributed by atoms with van der Waals surface area (Å²) < 4.78 is 11.7. The van der Waals surface area contributed by atoms with Gasteiger partial charge in [0.25, 0.3) is 0 Å². The SMILES string of the molecule is O=CN1CCC(Oc2ccc(Oc3ccccc3)cc2)CC1. The summed E-state index contributed by atoms with van der Waals surface area (Å²) in [6, 6.07) is 17.3. The van der Waals surface area contributed by atoms with Crippen LogP contribution in [0.3, 0.4) is 0 Å². The van der Waals surface area contributed by atoms with Crippen molar-refractivity contribution in [3.8, 4) is 17.2 Å². The maximum absolute atomic E-state index is 10.7. The molecule has 0 spiro atoms. The first kappa shape index (κ1) is 14.4. The molecule has 3 rings (SSSR count). The van der Waals surface area contributed by atoms with Gasteiger partial charge in [-0.05, 0) is 36.4 Å². The number of nitrogens with zero attached hydrogens (tertiary/aromatic N) is 1. The summed E-state index contributed by atoms with van der Waals surface area (Å²) in [6.45, 7) is 1.53. The van der Waals surface area contributed by atoms with E-state index in [0.29, 0.717) is 0 Å². The van der Waals surface area contributed by atoms with Gasteiger partial charge in [-0.3, -0.25) is 4.79 Å². The van der Waals surface area contributed by atoms with Crippen molar-refractivity contribution in [2.75, 3.05) is 13.1 Å². The molecule has 4 heteroatoms. The van der Waals surface area contributed by atoms with Gasteiger partial charge in [-0.1, -0.05) is 18.2 Å². The first-order valence-corrected chi connectivity index (χ1v) is 7.52. The Balaban J connectivity index is 1.54. The average molecular weight is 297 g/mol. The highest BCUT2D eigenvalue weighted by atomic mass is 16.5. The van der Waals surface area contributed by atoms with Gasteiger partial charge in [-0.25, -0.2) is 0 Å². The van der Waals surface area contributed by atoms with Crippen LogP contribution in [0.5, 0.6) is 17.2 Å². The average Bonchev–Trinajstić information content (AvgIpc) is 2.58. The van der Waals surface area contributed by atoms with Gasteiger partial charge in [0.1, 0.15) is 23.4 Å². The van der Waals surface area contributed by atoms with Crippen LogP contribution in [0, 0.1) is 0 Å². The smallest absolute Gasteiger partial charge is 0.209 e. The van der Waals surface area contributed by atoms with Crippen LogP contribution in [0.15, 0.2) is 54.6 Å². The van der Waals surface area contributed by atoms with E-state index in [1.165, 1.54) is 0 Å². The van der Waals surface area contributed by atoms with Crippen molar-refractivity contribution in [2.45, 2.75) is 18.9 Å². The van der Waals surface area contributed by atoms with Crippen molar-refractivity contribution in [3.63, 3.8) is 0 Å². The summed E-state index contributed by atoms with van der Waals surface area (Å²) in [4.78, 5) is 12.5. The van der Waals surface area contributed by atoms with Gasteiger partial charge in [0.15, 0.2) is 0 Å². The number of likely N-dealkylation sites (tertiary alicyclic amines) is 1. The van der Waals surface area contributed by atoms with Crippen molar-refractivity contribution in [2.24, 2.45) is 0 Å². The summed E-state index contributed by atoms with van der Waals surface area (Å²) in [5, 5.41) is 0. The summed E-state index contributed by atoms with van der Waals surface area (Å²) in [5.74, 6) is 2.44. The van der Waals surface area contributed by atoms with E-state index in [1.807, 2.05) is 54.6 Å². The second-order valence-corrected chi connectivity index (χ2v) is 5.35. The van der Waals surface area contributed by atoms with Crippen LogP contribution in [0.4, 0.5) is 0 Å². The number of hydrogen-bond acceptors (Lipinski definition) is 3. The van der Waals surface area contributed by atoms with Gasteiger partial charge >= 0.3 is 0 Å². The van der Waals surface area contributed by atoms with Crippen LogP contribution >= 0.6 is 0 Å². The fraction of sp³-hybridized carbons (Fsp3) is 0.278. The van der Waals surface area contributed by atoms with Gasteiger partial charge in [-0.15, -0.1) is 0 Å². The van der Waals surface area contributed by atoms with Crippen LogP contribution < -0.4 is 9.47 Å². The van der Waals surface area contributed by atoms with Crippen molar-refractivity contribution >= 4 is 6.41 Å². The largest absolute Gasteiger partial charge is 0.490 e. The molecule has 0 N–H and O–H groups in total. The van der Waals surface area contributed by atoms with E-state index >= 15 is 0 Å². The highest BCUT2D eigenvalue weighted by Crippen LogP contribution is 2.25. The molecule has 22 heavy (non-hydrogen) atoms.